The average molecular weight is 523 g/mol. The van der Waals surface area contributed by atoms with Gasteiger partial charge < -0.3 is 20.3 Å². The number of nitrogens with one attached hydrogen (secondary N) is 1. The highest BCUT2D eigenvalue weighted by Gasteiger charge is 2.20. The van der Waals surface area contributed by atoms with E-state index in [2.05, 4.69) is 53.3 Å². The van der Waals surface area contributed by atoms with Crippen molar-refractivity contribution in [3.63, 3.8) is 0 Å². The Hall–Kier alpha value is -3.18. The lowest BCUT2D eigenvalue weighted by atomic mass is 9.95. The zero-order valence-electron chi connectivity index (χ0n) is 19.1. The second kappa shape index (κ2) is 11.3. The van der Waals surface area contributed by atoms with E-state index in [9.17, 15) is 15.2 Å². The van der Waals surface area contributed by atoms with Gasteiger partial charge in [0.05, 0.1) is 11.1 Å². The van der Waals surface area contributed by atoms with Crippen LogP contribution in [0, 0.1) is 11.3 Å². The number of nitriles is 1. The van der Waals surface area contributed by atoms with Gasteiger partial charge in [-0.05, 0) is 73.4 Å². The van der Waals surface area contributed by atoms with Crippen molar-refractivity contribution < 1.29 is 19.7 Å². The molecule has 3 rings (SSSR count). The first-order valence-corrected chi connectivity index (χ1v) is 11.6. The number of nitrogens with zero attached hydrogens (tertiary/aromatic N) is 1. The van der Waals surface area contributed by atoms with Crippen LogP contribution in [0.4, 0.5) is 0 Å². The average Bonchev–Trinajstić information content (AvgIpc) is 2.81. The van der Waals surface area contributed by atoms with Crippen molar-refractivity contribution in [2.24, 2.45) is 0 Å². The van der Waals surface area contributed by atoms with Gasteiger partial charge in [-0.25, -0.2) is 4.79 Å². The molecular weight excluding hydrogens is 496 g/mol. The summed E-state index contributed by atoms with van der Waals surface area (Å²) in [5.41, 5.74) is 3.10. The van der Waals surface area contributed by atoms with E-state index in [1.807, 2.05) is 12.1 Å². The van der Waals surface area contributed by atoms with Crippen LogP contribution in [0.25, 0.3) is 11.1 Å². The molecular formula is C27H27BrN2O4. The zero-order chi connectivity index (χ0) is 24.7. The number of aliphatic hydroxyl groups excluding tert-OH is 1. The molecule has 3 aromatic rings. The van der Waals surface area contributed by atoms with E-state index in [0.717, 1.165) is 22.0 Å². The third-order valence-electron chi connectivity index (χ3n) is 5.35. The van der Waals surface area contributed by atoms with E-state index in [1.54, 1.807) is 30.3 Å². The predicted octanol–water partition coefficient (Wildman–Crippen LogP) is 5.04. The summed E-state index contributed by atoms with van der Waals surface area (Å²) < 4.78 is 6.83. The lowest BCUT2D eigenvalue weighted by molar-refractivity contribution is 0.0697. The number of hydrogen-bond acceptors (Lipinski definition) is 5. The van der Waals surface area contributed by atoms with Gasteiger partial charge >= 0.3 is 5.97 Å². The topological polar surface area (TPSA) is 103 Å². The summed E-state index contributed by atoms with van der Waals surface area (Å²) in [4.78, 5) is 11.1. The normalized spacial score (nSPS) is 12.1. The van der Waals surface area contributed by atoms with Gasteiger partial charge in [-0.2, -0.15) is 5.26 Å². The maximum absolute atomic E-state index is 11.1. The Labute approximate surface area is 208 Å². The van der Waals surface area contributed by atoms with Gasteiger partial charge in [-0.15, -0.1) is 0 Å². The number of benzene rings is 3. The molecule has 176 valence electrons. The Morgan fingerprint density at radius 1 is 1.12 bits per heavy atom. The first-order chi connectivity index (χ1) is 16.2. The van der Waals surface area contributed by atoms with Crippen LogP contribution in [-0.4, -0.2) is 41.0 Å². The Balaban J connectivity index is 1.60. The number of ether oxygens (including phenoxy) is 1. The summed E-state index contributed by atoms with van der Waals surface area (Å²) in [7, 11) is 0. The van der Waals surface area contributed by atoms with E-state index in [4.69, 9.17) is 9.84 Å². The molecule has 34 heavy (non-hydrogen) atoms. The molecule has 0 aromatic heterocycles. The van der Waals surface area contributed by atoms with Crippen LogP contribution in [0.1, 0.15) is 35.3 Å². The van der Waals surface area contributed by atoms with E-state index in [0.29, 0.717) is 17.9 Å². The molecule has 0 unspecified atom stereocenters. The van der Waals surface area contributed by atoms with Gasteiger partial charge in [0.25, 0.3) is 0 Å². The molecule has 0 amide bonds. The van der Waals surface area contributed by atoms with Crippen molar-refractivity contribution in [1.82, 2.24) is 5.32 Å². The summed E-state index contributed by atoms with van der Waals surface area (Å²) in [5, 5.41) is 32.4. The minimum atomic E-state index is -0.988. The Morgan fingerprint density at radius 3 is 2.47 bits per heavy atom. The maximum Gasteiger partial charge on any atom is 0.335 e. The first-order valence-electron chi connectivity index (χ1n) is 10.8. The highest BCUT2D eigenvalue weighted by molar-refractivity contribution is 9.10. The number of aromatic carboxylic acids is 1. The van der Waals surface area contributed by atoms with E-state index in [1.165, 1.54) is 17.7 Å². The molecule has 1 atom stereocenters. The van der Waals surface area contributed by atoms with Crippen molar-refractivity contribution in [2.45, 2.75) is 31.9 Å². The number of carboxylic acids is 1. The summed E-state index contributed by atoms with van der Waals surface area (Å²) >= 11 is 3.49. The summed E-state index contributed by atoms with van der Waals surface area (Å²) in [5.74, 6) is -0.618. The molecule has 0 heterocycles. The van der Waals surface area contributed by atoms with Crippen LogP contribution in [0.5, 0.6) is 5.75 Å². The second-order valence-electron chi connectivity index (χ2n) is 8.74. The molecule has 0 aliphatic carbocycles. The fraction of sp³-hybridized carbons (Fsp3) is 0.259. The minimum absolute atomic E-state index is 0.0239. The van der Waals surface area contributed by atoms with Gasteiger partial charge in [0.1, 0.15) is 24.5 Å². The largest absolute Gasteiger partial charge is 0.489 e. The molecule has 0 bridgehead atoms. The molecule has 0 spiro atoms. The lowest BCUT2D eigenvalue weighted by Gasteiger charge is -2.28. The predicted molar refractivity (Wildman–Crippen MR) is 135 cm³/mol. The number of carbonyl (C=O) groups is 1. The van der Waals surface area contributed by atoms with Crippen LogP contribution in [0.3, 0.4) is 0 Å². The number of rotatable bonds is 10. The number of halogens is 1. The van der Waals surface area contributed by atoms with Crippen LogP contribution >= 0.6 is 15.9 Å². The first kappa shape index (κ1) is 25.4. The van der Waals surface area contributed by atoms with E-state index in [-0.39, 0.29) is 17.7 Å². The monoisotopic (exact) mass is 522 g/mol. The van der Waals surface area contributed by atoms with Gasteiger partial charge in [0.15, 0.2) is 0 Å². The highest BCUT2D eigenvalue weighted by Crippen LogP contribution is 2.27. The Bertz CT molecular complexity index is 1190. The van der Waals surface area contributed by atoms with Crippen molar-refractivity contribution in [3.8, 4) is 22.9 Å². The molecule has 0 aliphatic rings. The Morgan fingerprint density at radius 2 is 1.82 bits per heavy atom. The SMILES string of the molecule is CC(C)(Cc1cccc(Br)c1)NC[C@H](O)COc1cc(-c2ccc(C(=O)O)cc2)ccc1C#N. The standard InChI is InChI=1S/C27H27BrN2O4/c1-27(2,14-18-4-3-5-23(28)12-18)30-16-24(31)17-34-25-13-21(10-11-22(25)15-29)19-6-8-20(9-7-19)26(32)33/h3-13,24,30-31H,14,16-17H2,1-2H3,(H,32,33)/t24-/m0/s1. The number of carboxylic acid groups (broad SMARTS) is 1. The van der Waals surface area contributed by atoms with Crippen molar-refractivity contribution in [1.29, 1.82) is 5.26 Å². The third-order valence-corrected chi connectivity index (χ3v) is 5.84. The summed E-state index contributed by atoms with van der Waals surface area (Å²) in [6, 6.07) is 21.9. The van der Waals surface area contributed by atoms with Crippen LogP contribution in [0.15, 0.2) is 71.2 Å². The zero-order valence-corrected chi connectivity index (χ0v) is 20.7. The van der Waals surface area contributed by atoms with Crippen molar-refractivity contribution >= 4 is 21.9 Å². The molecule has 0 fully saturated rings. The molecule has 0 saturated heterocycles. The summed E-state index contributed by atoms with van der Waals surface area (Å²) in [6.07, 6.45) is 0.0215. The van der Waals surface area contributed by atoms with Crippen molar-refractivity contribution in [2.75, 3.05) is 13.2 Å². The van der Waals surface area contributed by atoms with Crippen LogP contribution < -0.4 is 10.1 Å². The Kier molecular flexibility index (Phi) is 8.46. The van der Waals surface area contributed by atoms with E-state index >= 15 is 0 Å². The van der Waals surface area contributed by atoms with Crippen LogP contribution in [-0.2, 0) is 6.42 Å². The maximum atomic E-state index is 11.1. The number of hydrogen-bond donors (Lipinski definition) is 3. The van der Waals surface area contributed by atoms with E-state index < -0.39 is 12.1 Å². The molecule has 6 nitrogen and oxygen atoms in total. The summed E-state index contributed by atoms with van der Waals surface area (Å²) in [6.45, 7) is 4.51. The molecule has 0 saturated carbocycles. The van der Waals surface area contributed by atoms with Gasteiger partial charge in [0, 0.05) is 16.6 Å². The minimum Gasteiger partial charge on any atom is -0.489 e. The molecule has 3 N–H and O–H groups in total. The quantitative estimate of drug-likeness (QED) is 0.344. The third kappa shape index (κ3) is 7.16. The number of β-amino-alcohol motifs (C(OH)–C–C–N with tert-alkyl or cyclic N) is 1. The molecule has 0 aliphatic heterocycles. The van der Waals surface area contributed by atoms with Crippen molar-refractivity contribution in [3.05, 3.63) is 87.9 Å². The number of aliphatic hydroxyl groups is 1. The fourth-order valence-electron chi connectivity index (χ4n) is 3.58. The molecule has 0 radical (unpaired) electrons. The smallest absolute Gasteiger partial charge is 0.335 e. The second-order valence-corrected chi connectivity index (χ2v) is 9.66. The van der Waals surface area contributed by atoms with Gasteiger partial charge in [-0.1, -0.05) is 46.3 Å². The molecule has 7 heteroatoms. The fourth-order valence-corrected chi connectivity index (χ4v) is 4.02. The van der Waals surface area contributed by atoms with Crippen LogP contribution in [0.2, 0.25) is 0 Å². The lowest BCUT2D eigenvalue weighted by Crippen LogP contribution is -2.46. The van der Waals surface area contributed by atoms with Gasteiger partial charge in [0.2, 0.25) is 0 Å². The highest BCUT2D eigenvalue weighted by atomic mass is 79.9. The molecule has 3 aromatic carbocycles. The van der Waals surface area contributed by atoms with Gasteiger partial charge in [-0.3, -0.25) is 0 Å².